The van der Waals surface area contributed by atoms with E-state index in [4.69, 9.17) is 0 Å². The van der Waals surface area contributed by atoms with Gasteiger partial charge in [-0.25, -0.2) is 4.72 Å². The van der Waals surface area contributed by atoms with Crippen molar-refractivity contribution in [1.29, 1.82) is 0 Å². The van der Waals surface area contributed by atoms with Crippen LogP contribution in [0.3, 0.4) is 0 Å². The first-order chi connectivity index (χ1) is 8.57. The van der Waals surface area contributed by atoms with Crippen LogP contribution >= 0.6 is 0 Å². The van der Waals surface area contributed by atoms with Crippen LogP contribution in [0.25, 0.3) is 0 Å². The van der Waals surface area contributed by atoms with Crippen molar-refractivity contribution >= 4 is 10.2 Å². The summed E-state index contributed by atoms with van der Waals surface area (Å²) in [4.78, 5) is 0. The van der Waals surface area contributed by atoms with Gasteiger partial charge < -0.3 is 5.32 Å². The highest BCUT2D eigenvalue weighted by Gasteiger charge is 2.23. The van der Waals surface area contributed by atoms with Gasteiger partial charge in [0.25, 0.3) is 10.2 Å². The Hall–Kier alpha value is -0.170. The minimum absolute atomic E-state index is 0.0963. The normalized spacial score (nSPS) is 25.2. The van der Waals surface area contributed by atoms with Crippen molar-refractivity contribution in [3.05, 3.63) is 0 Å². The lowest BCUT2D eigenvalue weighted by molar-refractivity contribution is 0.329. The maximum Gasteiger partial charge on any atom is 0.277 e. The van der Waals surface area contributed by atoms with E-state index in [1.165, 1.54) is 0 Å². The monoisotopic (exact) mass is 277 g/mol. The average Bonchev–Trinajstić information content (AvgIpc) is 2.35. The first kappa shape index (κ1) is 15.9. The molecule has 0 amide bonds. The van der Waals surface area contributed by atoms with Crippen LogP contribution in [0.4, 0.5) is 0 Å². The molecule has 0 aliphatic heterocycles. The Morgan fingerprint density at radius 3 is 2.06 bits per heavy atom. The van der Waals surface area contributed by atoms with Crippen molar-refractivity contribution < 1.29 is 8.42 Å². The fraction of sp³-hybridized carbons (Fsp3) is 1.00. The van der Waals surface area contributed by atoms with Gasteiger partial charge in [0.1, 0.15) is 0 Å². The summed E-state index contributed by atoms with van der Waals surface area (Å²) in [5, 5.41) is 3.50. The predicted octanol–water partition coefficient (Wildman–Crippen LogP) is 1.13. The Kier molecular flexibility index (Phi) is 7.14. The summed E-state index contributed by atoms with van der Waals surface area (Å²) in [6, 6.07) is 0.660. The van der Waals surface area contributed by atoms with Crippen LogP contribution in [0.1, 0.15) is 52.4 Å². The molecule has 0 aromatic rings. The second-order valence-electron chi connectivity index (χ2n) is 5.02. The fourth-order valence-electron chi connectivity index (χ4n) is 2.26. The molecule has 108 valence electrons. The molecular weight excluding hydrogens is 250 g/mol. The molecule has 6 heteroatoms. The Labute approximate surface area is 111 Å². The highest BCUT2D eigenvalue weighted by Crippen LogP contribution is 2.19. The molecule has 0 saturated heterocycles. The van der Waals surface area contributed by atoms with Gasteiger partial charge in [-0.05, 0) is 45.1 Å². The van der Waals surface area contributed by atoms with Gasteiger partial charge in [-0.2, -0.15) is 13.1 Å². The number of hydrogen-bond acceptors (Lipinski definition) is 3. The summed E-state index contributed by atoms with van der Waals surface area (Å²) in [7, 11) is -3.30. The Morgan fingerprint density at radius 2 is 1.50 bits per heavy atom. The third kappa shape index (κ3) is 6.13. The van der Waals surface area contributed by atoms with E-state index in [0.29, 0.717) is 12.6 Å². The molecule has 0 bridgehead atoms. The summed E-state index contributed by atoms with van der Waals surface area (Å²) in [5.74, 6) is 0. The first-order valence-electron chi connectivity index (χ1n) is 7.07. The van der Waals surface area contributed by atoms with Crippen molar-refractivity contribution in [3.8, 4) is 0 Å². The summed E-state index contributed by atoms with van der Waals surface area (Å²) >= 11 is 0. The van der Waals surface area contributed by atoms with E-state index >= 15 is 0 Å². The van der Waals surface area contributed by atoms with E-state index in [1.54, 1.807) is 0 Å². The molecule has 1 aliphatic rings. The Balaban J connectivity index is 2.26. The van der Waals surface area contributed by atoms with E-state index in [-0.39, 0.29) is 6.04 Å². The van der Waals surface area contributed by atoms with Crippen LogP contribution in [0, 0.1) is 0 Å². The van der Waals surface area contributed by atoms with E-state index in [0.717, 1.165) is 45.1 Å². The third-order valence-corrected chi connectivity index (χ3v) is 4.50. The molecule has 1 aliphatic carbocycles. The van der Waals surface area contributed by atoms with Gasteiger partial charge in [0.2, 0.25) is 0 Å². The second-order valence-corrected chi connectivity index (χ2v) is 6.55. The summed E-state index contributed by atoms with van der Waals surface area (Å²) in [5.41, 5.74) is 0. The molecule has 0 heterocycles. The van der Waals surface area contributed by atoms with Crippen LogP contribution in [0.2, 0.25) is 0 Å². The molecule has 0 spiro atoms. The molecule has 0 atom stereocenters. The zero-order valence-corrected chi connectivity index (χ0v) is 12.4. The van der Waals surface area contributed by atoms with Crippen molar-refractivity contribution in [2.24, 2.45) is 0 Å². The summed E-state index contributed by atoms with van der Waals surface area (Å²) in [6.45, 7) is 5.67. The average molecular weight is 277 g/mol. The van der Waals surface area contributed by atoms with Crippen molar-refractivity contribution in [2.45, 2.75) is 64.5 Å². The molecular formula is C12H27N3O2S. The number of nitrogens with one attached hydrogen (secondary N) is 3. The molecule has 18 heavy (non-hydrogen) atoms. The summed E-state index contributed by atoms with van der Waals surface area (Å²) < 4.78 is 28.6. The molecule has 1 rings (SSSR count). The van der Waals surface area contributed by atoms with E-state index in [1.807, 2.05) is 6.92 Å². The molecule has 0 unspecified atom stereocenters. The quantitative estimate of drug-likeness (QED) is 0.623. The molecule has 0 aromatic carbocycles. The number of rotatable bonds is 8. The zero-order chi connectivity index (χ0) is 13.4. The van der Waals surface area contributed by atoms with Crippen LogP contribution in [-0.2, 0) is 10.2 Å². The molecule has 5 nitrogen and oxygen atoms in total. The minimum atomic E-state index is -3.30. The fourth-order valence-corrected chi connectivity index (χ4v) is 3.49. The maximum atomic E-state index is 11.7. The smallest absolute Gasteiger partial charge is 0.277 e. The van der Waals surface area contributed by atoms with Crippen molar-refractivity contribution in [1.82, 2.24) is 14.8 Å². The predicted molar refractivity (Wildman–Crippen MR) is 74.7 cm³/mol. The van der Waals surface area contributed by atoms with Crippen molar-refractivity contribution in [2.75, 3.05) is 13.1 Å². The summed E-state index contributed by atoms with van der Waals surface area (Å²) in [6.07, 6.45) is 5.92. The van der Waals surface area contributed by atoms with E-state index < -0.39 is 10.2 Å². The minimum Gasteiger partial charge on any atom is -0.314 e. The van der Waals surface area contributed by atoms with Crippen LogP contribution in [0.5, 0.6) is 0 Å². The second kappa shape index (κ2) is 8.09. The molecule has 3 N–H and O–H groups in total. The van der Waals surface area contributed by atoms with E-state index in [9.17, 15) is 8.42 Å². The molecule has 0 radical (unpaired) electrons. The molecule has 0 aromatic heterocycles. The van der Waals surface area contributed by atoms with E-state index in [2.05, 4.69) is 21.7 Å². The van der Waals surface area contributed by atoms with Gasteiger partial charge in [-0.1, -0.05) is 13.8 Å². The third-order valence-electron chi connectivity index (χ3n) is 3.27. The van der Waals surface area contributed by atoms with Gasteiger partial charge in [0.15, 0.2) is 0 Å². The van der Waals surface area contributed by atoms with Crippen LogP contribution < -0.4 is 14.8 Å². The van der Waals surface area contributed by atoms with Crippen LogP contribution in [-0.4, -0.2) is 33.6 Å². The SMILES string of the molecule is CCCNC1CCC(NS(=O)(=O)NCCC)CC1. The molecule has 1 fully saturated rings. The van der Waals surface area contributed by atoms with Gasteiger partial charge in [-0.3, -0.25) is 0 Å². The van der Waals surface area contributed by atoms with Gasteiger partial charge in [-0.15, -0.1) is 0 Å². The Bertz CT molecular complexity index is 311. The van der Waals surface area contributed by atoms with Crippen LogP contribution in [0.15, 0.2) is 0 Å². The zero-order valence-electron chi connectivity index (χ0n) is 11.5. The highest BCUT2D eigenvalue weighted by atomic mass is 32.2. The standard InChI is InChI=1S/C12H27N3O2S/c1-3-9-13-11-5-7-12(8-6-11)15-18(16,17)14-10-4-2/h11-15H,3-10H2,1-2H3. The first-order valence-corrected chi connectivity index (χ1v) is 8.56. The highest BCUT2D eigenvalue weighted by molar-refractivity contribution is 7.87. The molecule has 1 saturated carbocycles. The Morgan fingerprint density at radius 1 is 0.944 bits per heavy atom. The maximum absolute atomic E-state index is 11.7. The van der Waals surface area contributed by atoms with Gasteiger partial charge >= 0.3 is 0 Å². The topological polar surface area (TPSA) is 70.2 Å². The lowest BCUT2D eigenvalue weighted by atomic mass is 9.92. The lowest BCUT2D eigenvalue weighted by Crippen LogP contribution is -2.46. The largest absolute Gasteiger partial charge is 0.314 e. The van der Waals surface area contributed by atoms with Gasteiger partial charge in [0, 0.05) is 18.6 Å². The number of hydrogen-bond donors (Lipinski definition) is 3. The van der Waals surface area contributed by atoms with Gasteiger partial charge in [0.05, 0.1) is 0 Å². The lowest BCUT2D eigenvalue weighted by Gasteiger charge is -2.29. The van der Waals surface area contributed by atoms with Crippen molar-refractivity contribution in [3.63, 3.8) is 0 Å².